The monoisotopic (exact) mass is 292 g/mol. The van der Waals surface area contributed by atoms with E-state index in [4.69, 9.17) is 11.6 Å². The van der Waals surface area contributed by atoms with Crippen LogP contribution in [0.5, 0.6) is 0 Å². The number of alkyl halides is 3. The summed E-state index contributed by atoms with van der Waals surface area (Å²) in [7, 11) is 0. The number of hydrogen-bond donors (Lipinski definition) is 1. The Bertz CT molecular complexity index is 478. The van der Waals surface area contributed by atoms with Crippen molar-refractivity contribution in [2.75, 3.05) is 6.54 Å². The molecule has 1 atom stereocenters. The van der Waals surface area contributed by atoms with Crippen molar-refractivity contribution in [3.63, 3.8) is 0 Å². The fourth-order valence-corrected chi connectivity index (χ4v) is 2.23. The summed E-state index contributed by atoms with van der Waals surface area (Å²) in [5.74, 6) is -0.389. The molecule has 1 N–H and O–H groups in total. The Labute approximate surface area is 113 Å². The van der Waals surface area contributed by atoms with Crippen molar-refractivity contribution >= 4 is 17.5 Å². The average Bonchev–Trinajstić information content (AvgIpc) is 2.71. The van der Waals surface area contributed by atoms with E-state index in [0.717, 1.165) is 5.01 Å². The minimum Gasteiger partial charge on any atom is -0.288 e. The summed E-state index contributed by atoms with van der Waals surface area (Å²) < 4.78 is 39.2. The number of benzene rings is 1. The summed E-state index contributed by atoms with van der Waals surface area (Å²) in [5, 5.41) is 1.34. The Morgan fingerprint density at radius 1 is 1.42 bits per heavy atom. The Morgan fingerprint density at radius 3 is 2.68 bits per heavy atom. The lowest BCUT2D eigenvalue weighted by Crippen LogP contribution is -2.51. The molecule has 0 aromatic heterocycles. The SMILES string of the molecule is O=C1CCN([C@@H](Cc2cccc(Cl)c2)C(F)(F)F)N1. The lowest BCUT2D eigenvalue weighted by molar-refractivity contribution is -0.187. The number of hydrogen-bond acceptors (Lipinski definition) is 2. The molecule has 1 amide bonds. The van der Waals surface area contributed by atoms with E-state index < -0.39 is 12.2 Å². The van der Waals surface area contributed by atoms with E-state index >= 15 is 0 Å². The molecule has 1 aromatic rings. The summed E-state index contributed by atoms with van der Waals surface area (Å²) in [6.07, 6.45) is -4.58. The number of hydrazine groups is 1. The number of nitrogens with one attached hydrogen (secondary N) is 1. The van der Waals surface area contributed by atoms with Crippen LogP contribution in [0.1, 0.15) is 12.0 Å². The van der Waals surface area contributed by atoms with Gasteiger partial charge in [-0.25, -0.2) is 5.01 Å². The third kappa shape index (κ3) is 3.61. The molecule has 1 fully saturated rings. The summed E-state index contributed by atoms with van der Waals surface area (Å²) >= 11 is 5.76. The zero-order chi connectivity index (χ0) is 14.0. The van der Waals surface area contributed by atoms with Crippen molar-refractivity contribution in [1.29, 1.82) is 0 Å². The van der Waals surface area contributed by atoms with Crippen LogP contribution in [0.3, 0.4) is 0 Å². The molecule has 3 nitrogen and oxygen atoms in total. The molecule has 0 unspecified atom stereocenters. The number of carbonyl (C=O) groups excluding carboxylic acids is 1. The van der Waals surface area contributed by atoms with Gasteiger partial charge in [0, 0.05) is 18.0 Å². The highest BCUT2D eigenvalue weighted by Gasteiger charge is 2.45. The normalized spacial score (nSPS) is 18.4. The molecule has 1 saturated heterocycles. The van der Waals surface area contributed by atoms with Crippen LogP contribution in [0.25, 0.3) is 0 Å². The lowest BCUT2D eigenvalue weighted by Gasteiger charge is -2.29. The number of carbonyl (C=O) groups is 1. The van der Waals surface area contributed by atoms with Gasteiger partial charge in [0.2, 0.25) is 5.91 Å². The van der Waals surface area contributed by atoms with Crippen molar-refractivity contribution in [2.45, 2.75) is 25.1 Å². The van der Waals surface area contributed by atoms with E-state index in [1.807, 2.05) is 0 Å². The van der Waals surface area contributed by atoms with E-state index in [2.05, 4.69) is 5.43 Å². The van der Waals surface area contributed by atoms with Crippen LogP contribution in [-0.4, -0.2) is 29.7 Å². The minimum atomic E-state index is -4.42. The quantitative estimate of drug-likeness (QED) is 0.928. The van der Waals surface area contributed by atoms with Gasteiger partial charge in [-0.2, -0.15) is 13.2 Å². The van der Waals surface area contributed by atoms with Gasteiger partial charge in [-0.15, -0.1) is 0 Å². The van der Waals surface area contributed by atoms with Crippen LogP contribution >= 0.6 is 11.6 Å². The average molecular weight is 293 g/mol. The molecule has 104 valence electrons. The predicted molar refractivity (Wildman–Crippen MR) is 64.5 cm³/mol. The summed E-state index contributed by atoms with van der Waals surface area (Å²) in [6.45, 7) is 0.0591. The molecule has 2 rings (SSSR count). The van der Waals surface area contributed by atoms with Gasteiger partial charge in [0.25, 0.3) is 0 Å². The molecular weight excluding hydrogens is 281 g/mol. The van der Waals surface area contributed by atoms with Gasteiger partial charge in [-0.3, -0.25) is 10.2 Å². The van der Waals surface area contributed by atoms with Crippen LogP contribution in [0, 0.1) is 0 Å². The Balaban J connectivity index is 2.17. The van der Waals surface area contributed by atoms with E-state index in [9.17, 15) is 18.0 Å². The first-order valence-electron chi connectivity index (χ1n) is 5.73. The molecule has 1 aliphatic heterocycles. The maximum Gasteiger partial charge on any atom is 0.406 e. The van der Waals surface area contributed by atoms with Gasteiger partial charge in [0.15, 0.2) is 0 Å². The maximum absolute atomic E-state index is 13.1. The van der Waals surface area contributed by atoms with Gasteiger partial charge in [0.1, 0.15) is 6.04 Å². The van der Waals surface area contributed by atoms with Gasteiger partial charge in [-0.1, -0.05) is 23.7 Å². The van der Waals surface area contributed by atoms with Crippen molar-refractivity contribution < 1.29 is 18.0 Å². The highest BCUT2D eigenvalue weighted by molar-refractivity contribution is 6.30. The topological polar surface area (TPSA) is 32.3 Å². The van der Waals surface area contributed by atoms with E-state index in [-0.39, 0.29) is 25.3 Å². The molecule has 0 radical (unpaired) electrons. The molecule has 1 aliphatic rings. The fraction of sp³-hybridized carbons (Fsp3) is 0.417. The van der Waals surface area contributed by atoms with Crippen molar-refractivity contribution in [2.24, 2.45) is 0 Å². The second kappa shape index (κ2) is 5.38. The van der Waals surface area contributed by atoms with Crippen LogP contribution < -0.4 is 5.43 Å². The number of amides is 1. The number of nitrogens with zero attached hydrogens (tertiary/aromatic N) is 1. The van der Waals surface area contributed by atoms with Crippen LogP contribution in [0.4, 0.5) is 13.2 Å². The summed E-state index contributed by atoms with van der Waals surface area (Å²) in [5.41, 5.74) is 2.72. The Morgan fingerprint density at radius 2 is 2.16 bits per heavy atom. The summed E-state index contributed by atoms with van der Waals surface area (Å²) in [6, 6.07) is 4.55. The zero-order valence-electron chi connectivity index (χ0n) is 9.88. The number of rotatable bonds is 3. The summed E-state index contributed by atoms with van der Waals surface area (Å²) in [4.78, 5) is 11.1. The Hall–Kier alpha value is -1.27. The second-order valence-corrected chi connectivity index (χ2v) is 4.81. The molecule has 0 saturated carbocycles. The van der Waals surface area contributed by atoms with Gasteiger partial charge < -0.3 is 0 Å². The van der Waals surface area contributed by atoms with Crippen molar-refractivity contribution in [3.05, 3.63) is 34.9 Å². The van der Waals surface area contributed by atoms with E-state index in [1.165, 1.54) is 6.07 Å². The van der Waals surface area contributed by atoms with E-state index in [0.29, 0.717) is 10.6 Å². The fourth-order valence-electron chi connectivity index (χ4n) is 2.02. The van der Waals surface area contributed by atoms with Crippen LogP contribution in [0.15, 0.2) is 24.3 Å². The highest BCUT2D eigenvalue weighted by Crippen LogP contribution is 2.28. The largest absolute Gasteiger partial charge is 0.406 e. The standard InChI is InChI=1S/C12H12ClF3N2O/c13-9-3-1-2-8(6-9)7-10(12(14,15)16)18-5-4-11(19)17-18/h1-3,6,10H,4-5,7H2,(H,17,19)/t10-/m0/s1. The molecule has 0 aliphatic carbocycles. The molecule has 0 spiro atoms. The first kappa shape index (κ1) is 14.1. The van der Waals surface area contributed by atoms with Crippen molar-refractivity contribution in [1.82, 2.24) is 10.4 Å². The molecule has 1 heterocycles. The lowest BCUT2D eigenvalue weighted by atomic mass is 10.1. The first-order chi connectivity index (χ1) is 8.86. The third-order valence-electron chi connectivity index (χ3n) is 2.92. The van der Waals surface area contributed by atoms with Crippen LogP contribution in [-0.2, 0) is 11.2 Å². The minimum absolute atomic E-state index is 0.0591. The van der Waals surface area contributed by atoms with Crippen LogP contribution in [0.2, 0.25) is 5.02 Å². The molecular formula is C12H12ClF3N2O. The smallest absolute Gasteiger partial charge is 0.288 e. The van der Waals surface area contributed by atoms with Crippen molar-refractivity contribution in [3.8, 4) is 0 Å². The Kier molecular flexibility index (Phi) is 4.01. The molecule has 1 aromatic carbocycles. The first-order valence-corrected chi connectivity index (χ1v) is 6.11. The molecule has 7 heteroatoms. The third-order valence-corrected chi connectivity index (χ3v) is 3.16. The van der Waals surface area contributed by atoms with Gasteiger partial charge in [-0.05, 0) is 24.1 Å². The molecule has 0 bridgehead atoms. The highest BCUT2D eigenvalue weighted by atomic mass is 35.5. The zero-order valence-corrected chi connectivity index (χ0v) is 10.6. The van der Waals surface area contributed by atoms with Gasteiger partial charge >= 0.3 is 6.18 Å². The maximum atomic E-state index is 13.1. The predicted octanol–water partition coefficient (Wildman–Crippen LogP) is 2.55. The van der Waals surface area contributed by atoms with Gasteiger partial charge in [0.05, 0.1) is 0 Å². The number of halogens is 4. The second-order valence-electron chi connectivity index (χ2n) is 4.37. The molecule has 19 heavy (non-hydrogen) atoms. The van der Waals surface area contributed by atoms with E-state index in [1.54, 1.807) is 18.2 Å².